The summed E-state index contributed by atoms with van der Waals surface area (Å²) in [6.45, 7) is 3.11. The summed E-state index contributed by atoms with van der Waals surface area (Å²) in [5.74, 6) is -0.156. The lowest BCUT2D eigenvalue weighted by atomic mass is 9.82. The quantitative estimate of drug-likeness (QED) is 0.186. The molecule has 0 aliphatic carbocycles. The van der Waals surface area contributed by atoms with Crippen molar-refractivity contribution in [1.82, 2.24) is 4.98 Å². The molecule has 5 heterocycles. The molecule has 4 aromatic carbocycles. The van der Waals surface area contributed by atoms with Gasteiger partial charge in [0.25, 0.3) is 0 Å². The summed E-state index contributed by atoms with van der Waals surface area (Å²) in [5, 5.41) is 1.96. The van der Waals surface area contributed by atoms with E-state index in [9.17, 15) is 0 Å². The highest BCUT2D eigenvalue weighted by Crippen LogP contribution is 2.42. The minimum absolute atomic E-state index is 0.156. The summed E-state index contributed by atoms with van der Waals surface area (Å²) >= 11 is 0. The zero-order valence-electron chi connectivity index (χ0n) is 28.8. The Morgan fingerprint density at radius 2 is 0.962 bits per heavy atom. The molecule has 52 heavy (non-hydrogen) atoms. The average molecular weight is 673 g/mol. The van der Waals surface area contributed by atoms with Gasteiger partial charge in [-0.1, -0.05) is 121 Å². The first-order valence-corrected chi connectivity index (χ1v) is 17.8. The fraction of sp³-hybridized carbons (Fsp3) is 0.0851. The number of fused-ring (bicyclic) bond motifs is 6. The van der Waals surface area contributed by atoms with Gasteiger partial charge in [0.2, 0.25) is 0 Å². The SMILES string of the molecule is CCOCC1C2=CN=C1C(c1ccccc1)=C1C=CC(=N1)C(c1ccccc1)=c1ccc([nH]1)=C(c1ccccc1)C1=NC(=C2c2ccccc2)C=C1. The summed E-state index contributed by atoms with van der Waals surface area (Å²) < 4.78 is 6.27. The van der Waals surface area contributed by atoms with Crippen LogP contribution in [0.3, 0.4) is 0 Å². The van der Waals surface area contributed by atoms with E-state index in [2.05, 4.69) is 145 Å². The third kappa shape index (κ3) is 5.71. The maximum absolute atomic E-state index is 6.27. The van der Waals surface area contributed by atoms with Crippen LogP contribution in [0.1, 0.15) is 29.2 Å². The fourth-order valence-electron chi connectivity index (χ4n) is 7.51. The van der Waals surface area contributed by atoms with Gasteiger partial charge in [0.15, 0.2) is 0 Å². The summed E-state index contributed by atoms with van der Waals surface area (Å²) in [7, 11) is 0. The van der Waals surface area contributed by atoms with Crippen LogP contribution in [0.15, 0.2) is 196 Å². The van der Waals surface area contributed by atoms with E-state index in [0.717, 1.165) is 89.3 Å². The number of aliphatic imine (C=N–C) groups is 3. The van der Waals surface area contributed by atoms with Crippen LogP contribution in [-0.4, -0.2) is 35.3 Å². The summed E-state index contributed by atoms with van der Waals surface area (Å²) in [6.07, 6.45) is 10.6. The Balaban J connectivity index is 1.40. The van der Waals surface area contributed by atoms with Crippen LogP contribution < -0.4 is 10.7 Å². The predicted octanol–water partition coefficient (Wildman–Crippen LogP) is 8.26. The van der Waals surface area contributed by atoms with E-state index in [1.165, 1.54) is 0 Å². The van der Waals surface area contributed by atoms with E-state index in [1.807, 2.05) is 31.3 Å². The number of allylic oxidation sites excluding steroid dienone is 6. The number of H-pyrrole nitrogens is 1. The van der Waals surface area contributed by atoms with Crippen LogP contribution in [0.4, 0.5) is 0 Å². The molecule has 5 nitrogen and oxygen atoms in total. The highest BCUT2D eigenvalue weighted by atomic mass is 16.5. The lowest BCUT2D eigenvalue weighted by Gasteiger charge is -2.23. The normalized spacial score (nSPS) is 17.8. The maximum atomic E-state index is 6.27. The largest absolute Gasteiger partial charge is 0.381 e. The fourth-order valence-corrected chi connectivity index (χ4v) is 7.51. The Labute approximate surface area is 303 Å². The molecule has 0 radical (unpaired) electrons. The summed E-state index contributed by atoms with van der Waals surface area (Å²) in [5.41, 5.74) is 14.0. The van der Waals surface area contributed by atoms with E-state index in [4.69, 9.17) is 19.7 Å². The first-order chi connectivity index (χ1) is 25.8. The second kappa shape index (κ2) is 13.7. The van der Waals surface area contributed by atoms with Crippen molar-refractivity contribution in [2.24, 2.45) is 20.9 Å². The Kier molecular flexibility index (Phi) is 8.31. The highest BCUT2D eigenvalue weighted by Gasteiger charge is 2.34. The number of aromatic nitrogens is 1. The molecule has 0 spiro atoms. The van der Waals surface area contributed by atoms with Gasteiger partial charge in [-0.15, -0.1) is 0 Å². The van der Waals surface area contributed by atoms with Gasteiger partial charge in [-0.05, 0) is 71.2 Å². The van der Waals surface area contributed by atoms with Crippen LogP contribution in [-0.2, 0) is 4.74 Å². The number of benzene rings is 4. The maximum Gasteiger partial charge on any atom is 0.0737 e. The minimum Gasteiger partial charge on any atom is -0.381 e. The van der Waals surface area contributed by atoms with Crippen molar-refractivity contribution >= 4 is 39.4 Å². The van der Waals surface area contributed by atoms with Crippen LogP contribution in [0.5, 0.6) is 0 Å². The number of rotatable bonds is 7. The van der Waals surface area contributed by atoms with Crippen molar-refractivity contribution in [1.29, 1.82) is 0 Å². The lowest BCUT2D eigenvalue weighted by Crippen LogP contribution is -2.23. The molecule has 4 aliphatic rings. The minimum atomic E-state index is -0.156. The number of nitrogens with one attached hydrogen (secondary N) is 1. The molecule has 1 unspecified atom stereocenters. The molecule has 5 heteroatoms. The molecule has 1 atom stereocenters. The Morgan fingerprint density at radius 1 is 0.519 bits per heavy atom. The first-order valence-electron chi connectivity index (χ1n) is 17.8. The van der Waals surface area contributed by atoms with Crippen LogP contribution >= 0.6 is 0 Å². The highest BCUT2D eigenvalue weighted by molar-refractivity contribution is 6.34. The standard InChI is InChI=1S/C47H36N4O/c1-2-52-30-36-35-29-48-47(36)46(34-21-13-6-14-22-34)42-28-27-41(51-42)45(33-19-11-5-12-20-33)40-26-25-39(50-40)44(32-17-9-4-10-18-32)38-24-23-37(49-38)43(35)31-15-7-3-8-16-31/h3-29,36,50H,2,30H2,1H3. The van der Waals surface area contributed by atoms with Gasteiger partial charge in [-0.2, -0.15) is 0 Å². The van der Waals surface area contributed by atoms with Crippen LogP contribution in [0.25, 0.3) is 22.3 Å². The second-order valence-electron chi connectivity index (χ2n) is 13.0. The predicted molar refractivity (Wildman–Crippen MR) is 213 cm³/mol. The molecule has 250 valence electrons. The number of ether oxygens (including phenoxy) is 1. The molecule has 8 bridgehead atoms. The average Bonchev–Trinajstić information content (AvgIpc) is 4.03. The van der Waals surface area contributed by atoms with Gasteiger partial charge in [-0.25, -0.2) is 9.98 Å². The molecular weight excluding hydrogens is 637 g/mol. The summed E-state index contributed by atoms with van der Waals surface area (Å²) in [4.78, 5) is 19.9. The Hall–Kier alpha value is -6.43. The van der Waals surface area contributed by atoms with E-state index >= 15 is 0 Å². The third-order valence-electron chi connectivity index (χ3n) is 9.86. The van der Waals surface area contributed by atoms with Gasteiger partial charge in [0, 0.05) is 45.8 Å². The molecule has 0 amide bonds. The Morgan fingerprint density at radius 3 is 1.44 bits per heavy atom. The van der Waals surface area contributed by atoms with E-state index in [0.29, 0.717) is 13.2 Å². The first kappa shape index (κ1) is 31.5. The molecule has 1 aromatic heterocycles. The monoisotopic (exact) mass is 672 g/mol. The van der Waals surface area contributed by atoms with E-state index < -0.39 is 0 Å². The molecular formula is C47H36N4O. The molecule has 1 N–H and O–H groups in total. The third-order valence-corrected chi connectivity index (χ3v) is 9.86. The molecule has 0 saturated heterocycles. The van der Waals surface area contributed by atoms with Gasteiger partial charge < -0.3 is 9.72 Å². The zero-order valence-corrected chi connectivity index (χ0v) is 28.8. The second-order valence-corrected chi connectivity index (χ2v) is 13.0. The Bertz CT molecular complexity index is 2390. The molecule has 4 aliphatic heterocycles. The molecule has 0 fully saturated rings. The number of nitrogens with zero attached hydrogens (tertiary/aromatic N) is 3. The van der Waals surface area contributed by atoms with Gasteiger partial charge in [0.05, 0.1) is 41.1 Å². The van der Waals surface area contributed by atoms with E-state index in [-0.39, 0.29) is 5.92 Å². The number of hydrogen-bond donors (Lipinski definition) is 1. The van der Waals surface area contributed by atoms with Crippen molar-refractivity contribution in [2.45, 2.75) is 6.92 Å². The molecule has 9 rings (SSSR count). The topological polar surface area (TPSA) is 62.1 Å². The number of hydrogen-bond acceptors (Lipinski definition) is 4. The van der Waals surface area contributed by atoms with Crippen molar-refractivity contribution in [3.8, 4) is 0 Å². The smallest absolute Gasteiger partial charge is 0.0737 e. The van der Waals surface area contributed by atoms with Crippen molar-refractivity contribution in [3.63, 3.8) is 0 Å². The van der Waals surface area contributed by atoms with Gasteiger partial charge in [-0.3, -0.25) is 4.99 Å². The lowest BCUT2D eigenvalue weighted by molar-refractivity contribution is 0.139. The van der Waals surface area contributed by atoms with Crippen LogP contribution in [0.2, 0.25) is 0 Å². The van der Waals surface area contributed by atoms with E-state index in [1.54, 1.807) is 0 Å². The molecule has 5 aromatic rings. The number of aromatic amines is 1. The van der Waals surface area contributed by atoms with Crippen molar-refractivity contribution in [3.05, 3.63) is 214 Å². The summed E-state index contributed by atoms with van der Waals surface area (Å²) in [6, 6.07) is 46.4. The zero-order chi connectivity index (χ0) is 34.9. The van der Waals surface area contributed by atoms with Gasteiger partial charge in [0.1, 0.15) is 0 Å². The van der Waals surface area contributed by atoms with Crippen molar-refractivity contribution < 1.29 is 4.74 Å². The van der Waals surface area contributed by atoms with Crippen LogP contribution in [0, 0.1) is 5.92 Å². The van der Waals surface area contributed by atoms with Gasteiger partial charge >= 0.3 is 0 Å². The van der Waals surface area contributed by atoms with Crippen molar-refractivity contribution in [2.75, 3.05) is 13.2 Å². The molecule has 0 saturated carbocycles.